The molecule has 3 rings (SSSR count). The molecule has 0 atom stereocenters. The first kappa shape index (κ1) is 13.8. The Bertz CT molecular complexity index is 724. The lowest BCUT2D eigenvalue weighted by Gasteiger charge is -2.08. The number of nitrogens with zero attached hydrogens (tertiary/aromatic N) is 1. The number of hydrogen-bond acceptors (Lipinski definition) is 2. The van der Waals surface area contributed by atoms with E-state index in [-0.39, 0.29) is 5.82 Å². The molecular formula is C16H13BrFN3. The lowest BCUT2D eigenvalue weighted by atomic mass is 10.1. The van der Waals surface area contributed by atoms with E-state index in [4.69, 9.17) is 0 Å². The zero-order chi connectivity index (χ0) is 14.7. The maximum absolute atomic E-state index is 13.7. The predicted molar refractivity (Wildman–Crippen MR) is 85.5 cm³/mol. The molecule has 1 heterocycles. The van der Waals surface area contributed by atoms with Crippen molar-refractivity contribution in [1.29, 1.82) is 0 Å². The second-order valence-corrected chi connectivity index (χ2v) is 5.55. The normalized spacial score (nSPS) is 10.6. The van der Waals surface area contributed by atoms with Gasteiger partial charge in [-0.05, 0) is 35.9 Å². The molecule has 0 unspecified atom stereocenters. The number of anilines is 1. The summed E-state index contributed by atoms with van der Waals surface area (Å²) < 4.78 is 14.5. The van der Waals surface area contributed by atoms with Gasteiger partial charge in [-0.25, -0.2) is 4.39 Å². The summed E-state index contributed by atoms with van der Waals surface area (Å²) >= 11 is 3.25. The summed E-state index contributed by atoms with van der Waals surface area (Å²) in [6.45, 7) is 0.447. The minimum atomic E-state index is -0.217. The molecule has 5 heteroatoms. The fourth-order valence-corrected chi connectivity index (χ4v) is 2.38. The SMILES string of the molecule is Fc1cc(Br)ccc1CNc1ccc(-c2ccn[nH]2)cc1. The Morgan fingerprint density at radius 2 is 1.90 bits per heavy atom. The van der Waals surface area contributed by atoms with Gasteiger partial charge in [-0.2, -0.15) is 5.10 Å². The fraction of sp³-hybridized carbons (Fsp3) is 0.0625. The van der Waals surface area contributed by atoms with Crippen molar-refractivity contribution < 1.29 is 4.39 Å². The van der Waals surface area contributed by atoms with E-state index in [1.165, 1.54) is 6.07 Å². The molecule has 0 amide bonds. The Kier molecular flexibility index (Phi) is 4.01. The van der Waals surface area contributed by atoms with E-state index >= 15 is 0 Å². The third-order valence-corrected chi connectivity index (χ3v) is 3.69. The number of benzene rings is 2. The van der Waals surface area contributed by atoms with Crippen LogP contribution in [0.2, 0.25) is 0 Å². The first-order valence-electron chi connectivity index (χ1n) is 6.50. The quantitative estimate of drug-likeness (QED) is 0.725. The monoisotopic (exact) mass is 345 g/mol. The minimum Gasteiger partial charge on any atom is -0.381 e. The standard InChI is InChI=1S/C16H13BrFN3/c17-13-4-1-12(15(18)9-13)10-19-14-5-2-11(3-6-14)16-7-8-20-21-16/h1-9,19H,10H2,(H,20,21). The summed E-state index contributed by atoms with van der Waals surface area (Å²) in [4.78, 5) is 0. The van der Waals surface area contributed by atoms with Crippen LogP contribution >= 0.6 is 15.9 Å². The molecule has 0 radical (unpaired) electrons. The average molecular weight is 346 g/mol. The van der Waals surface area contributed by atoms with E-state index in [0.29, 0.717) is 12.1 Å². The van der Waals surface area contributed by atoms with Crippen molar-refractivity contribution in [2.24, 2.45) is 0 Å². The van der Waals surface area contributed by atoms with Gasteiger partial charge >= 0.3 is 0 Å². The first-order valence-corrected chi connectivity index (χ1v) is 7.29. The Labute approximate surface area is 130 Å². The van der Waals surface area contributed by atoms with Crippen molar-refractivity contribution in [2.75, 3.05) is 5.32 Å². The van der Waals surface area contributed by atoms with E-state index in [0.717, 1.165) is 21.4 Å². The van der Waals surface area contributed by atoms with Gasteiger partial charge in [0, 0.05) is 28.5 Å². The minimum absolute atomic E-state index is 0.217. The van der Waals surface area contributed by atoms with Gasteiger partial charge in [-0.1, -0.05) is 34.1 Å². The van der Waals surface area contributed by atoms with Crippen molar-refractivity contribution in [3.8, 4) is 11.3 Å². The summed E-state index contributed by atoms with van der Waals surface area (Å²) in [5.41, 5.74) is 3.62. The maximum Gasteiger partial charge on any atom is 0.129 e. The van der Waals surface area contributed by atoms with Crippen LogP contribution in [-0.2, 0) is 6.54 Å². The smallest absolute Gasteiger partial charge is 0.129 e. The van der Waals surface area contributed by atoms with E-state index in [2.05, 4.69) is 31.4 Å². The van der Waals surface area contributed by atoms with Crippen LogP contribution in [0.1, 0.15) is 5.56 Å². The van der Waals surface area contributed by atoms with Crippen LogP contribution in [0.3, 0.4) is 0 Å². The number of H-pyrrole nitrogens is 1. The van der Waals surface area contributed by atoms with Crippen LogP contribution in [-0.4, -0.2) is 10.2 Å². The highest BCUT2D eigenvalue weighted by molar-refractivity contribution is 9.10. The molecule has 0 bridgehead atoms. The van der Waals surface area contributed by atoms with Crippen molar-refractivity contribution >= 4 is 21.6 Å². The van der Waals surface area contributed by atoms with Crippen molar-refractivity contribution in [3.63, 3.8) is 0 Å². The average Bonchev–Trinajstić information content (AvgIpc) is 3.01. The topological polar surface area (TPSA) is 40.7 Å². The molecule has 0 fully saturated rings. The Morgan fingerprint density at radius 3 is 2.57 bits per heavy atom. The van der Waals surface area contributed by atoms with Crippen LogP contribution in [0.4, 0.5) is 10.1 Å². The van der Waals surface area contributed by atoms with Crippen LogP contribution in [0.25, 0.3) is 11.3 Å². The summed E-state index contributed by atoms with van der Waals surface area (Å²) in [5, 5.41) is 10.1. The van der Waals surface area contributed by atoms with Crippen LogP contribution in [0.5, 0.6) is 0 Å². The summed E-state index contributed by atoms with van der Waals surface area (Å²) in [5.74, 6) is -0.217. The lowest BCUT2D eigenvalue weighted by molar-refractivity contribution is 0.612. The molecule has 1 aromatic heterocycles. The molecule has 0 saturated heterocycles. The van der Waals surface area contributed by atoms with Gasteiger partial charge < -0.3 is 5.32 Å². The molecule has 0 aliphatic carbocycles. The molecule has 0 saturated carbocycles. The highest BCUT2D eigenvalue weighted by Crippen LogP contribution is 2.20. The molecule has 2 N–H and O–H groups in total. The fourth-order valence-electron chi connectivity index (χ4n) is 2.05. The Morgan fingerprint density at radius 1 is 1.10 bits per heavy atom. The summed E-state index contributed by atoms with van der Waals surface area (Å²) in [6, 6.07) is 14.9. The van der Waals surface area contributed by atoms with Crippen molar-refractivity contribution in [3.05, 3.63) is 70.6 Å². The van der Waals surface area contributed by atoms with Crippen molar-refractivity contribution in [2.45, 2.75) is 6.54 Å². The highest BCUT2D eigenvalue weighted by atomic mass is 79.9. The lowest BCUT2D eigenvalue weighted by Crippen LogP contribution is -2.01. The number of aromatic nitrogens is 2. The highest BCUT2D eigenvalue weighted by Gasteiger charge is 2.03. The van der Waals surface area contributed by atoms with Gasteiger partial charge in [-0.3, -0.25) is 5.10 Å². The first-order chi connectivity index (χ1) is 10.2. The molecule has 21 heavy (non-hydrogen) atoms. The predicted octanol–water partition coefficient (Wildman–Crippen LogP) is 4.59. The molecule has 0 spiro atoms. The summed E-state index contributed by atoms with van der Waals surface area (Å²) in [6.07, 6.45) is 1.72. The van der Waals surface area contributed by atoms with E-state index < -0.39 is 0 Å². The van der Waals surface area contributed by atoms with Gasteiger partial charge in [-0.15, -0.1) is 0 Å². The Hall–Kier alpha value is -2.14. The van der Waals surface area contributed by atoms with Gasteiger partial charge in [0.05, 0.1) is 5.69 Å². The second kappa shape index (κ2) is 6.10. The van der Waals surface area contributed by atoms with Crippen LogP contribution < -0.4 is 5.32 Å². The number of nitrogens with one attached hydrogen (secondary N) is 2. The van der Waals surface area contributed by atoms with Crippen molar-refractivity contribution in [1.82, 2.24) is 10.2 Å². The zero-order valence-corrected chi connectivity index (χ0v) is 12.7. The van der Waals surface area contributed by atoms with E-state index in [9.17, 15) is 4.39 Å². The zero-order valence-electron chi connectivity index (χ0n) is 11.1. The number of rotatable bonds is 4. The van der Waals surface area contributed by atoms with Gasteiger partial charge in [0.25, 0.3) is 0 Å². The van der Waals surface area contributed by atoms with Gasteiger partial charge in [0.1, 0.15) is 5.82 Å². The number of aromatic amines is 1. The number of hydrogen-bond donors (Lipinski definition) is 2. The molecule has 0 aliphatic heterocycles. The maximum atomic E-state index is 13.7. The molecule has 2 aromatic carbocycles. The van der Waals surface area contributed by atoms with Gasteiger partial charge in [0.2, 0.25) is 0 Å². The molecule has 0 aliphatic rings. The molecule has 3 aromatic rings. The third-order valence-electron chi connectivity index (χ3n) is 3.19. The molecule has 106 valence electrons. The van der Waals surface area contributed by atoms with E-state index in [1.54, 1.807) is 12.3 Å². The second-order valence-electron chi connectivity index (χ2n) is 4.64. The van der Waals surface area contributed by atoms with Gasteiger partial charge in [0.15, 0.2) is 0 Å². The van der Waals surface area contributed by atoms with Crippen LogP contribution in [0, 0.1) is 5.82 Å². The third kappa shape index (κ3) is 3.31. The molecule has 3 nitrogen and oxygen atoms in total. The van der Waals surface area contributed by atoms with E-state index in [1.807, 2.05) is 36.4 Å². The van der Waals surface area contributed by atoms with Crippen LogP contribution in [0.15, 0.2) is 59.2 Å². The molecular weight excluding hydrogens is 333 g/mol. The number of halogens is 2. The Balaban J connectivity index is 1.68. The largest absolute Gasteiger partial charge is 0.381 e. The summed E-state index contributed by atoms with van der Waals surface area (Å²) in [7, 11) is 0.